The van der Waals surface area contributed by atoms with Crippen molar-refractivity contribution in [2.75, 3.05) is 66.5 Å². The van der Waals surface area contributed by atoms with Gasteiger partial charge in [0.25, 0.3) is 0 Å². The molecule has 0 saturated carbocycles. The van der Waals surface area contributed by atoms with Crippen LogP contribution in [0.15, 0.2) is 0 Å². The average molecular weight is 323 g/mol. The molecule has 0 radical (unpaired) electrons. The van der Waals surface area contributed by atoms with Crippen LogP contribution in [0.3, 0.4) is 0 Å². The minimum atomic E-state index is -0.108. The normalized spacial score (nSPS) is 39.6. The molecule has 0 aliphatic carbocycles. The Kier molecular flexibility index (Phi) is 6.85. The summed E-state index contributed by atoms with van der Waals surface area (Å²) in [5, 5.41) is 0. The zero-order chi connectivity index (χ0) is 14.5. The molecule has 2 bridgehead atoms. The monoisotopic (exact) mass is 322 g/mol. The van der Waals surface area contributed by atoms with E-state index in [1.54, 1.807) is 0 Å². The number of halogens is 2. The standard InChI is InChI=1S/C14H28Cl2N4/c1-17-5-3-8-20-12-11-19(10-9-17)7-4-6-18(2)13(15)14(20)16/h13-14H,3-12H2,1-2H3. The Bertz CT molecular complexity index is 292. The molecular formula is C14H28Cl2N4. The third kappa shape index (κ3) is 4.72. The summed E-state index contributed by atoms with van der Waals surface area (Å²) >= 11 is 13.2. The fraction of sp³-hybridized carbons (Fsp3) is 1.00. The lowest BCUT2D eigenvalue weighted by molar-refractivity contribution is 0.113. The van der Waals surface area contributed by atoms with Crippen LogP contribution in [0, 0.1) is 0 Å². The highest BCUT2D eigenvalue weighted by Gasteiger charge is 2.28. The molecular weight excluding hydrogens is 295 g/mol. The number of rotatable bonds is 0. The number of nitrogens with zero attached hydrogens (tertiary/aromatic N) is 4. The van der Waals surface area contributed by atoms with Gasteiger partial charge in [-0.2, -0.15) is 0 Å². The molecule has 0 aromatic heterocycles. The van der Waals surface area contributed by atoms with Crippen molar-refractivity contribution in [1.82, 2.24) is 19.6 Å². The lowest BCUT2D eigenvalue weighted by Crippen LogP contribution is -2.51. The summed E-state index contributed by atoms with van der Waals surface area (Å²) in [6.07, 6.45) is 2.32. The van der Waals surface area contributed by atoms with Gasteiger partial charge < -0.3 is 9.80 Å². The van der Waals surface area contributed by atoms with E-state index in [0.29, 0.717) is 0 Å². The molecule has 4 nitrogen and oxygen atoms in total. The average Bonchev–Trinajstić information content (AvgIpc) is 2.44. The molecule has 4 unspecified atom stereocenters. The Morgan fingerprint density at radius 1 is 0.700 bits per heavy atom. The summed E-state index contributed by atoms with van der Waals surface area (Å²) in [5.41, 5.74) is -0.213. The van der Waals surface area contributed by atoms with E-state index >= 15 is 0 Å². The fourth-order valence-electron chi connectivity index (χ4n) is 2.98. The van der Waals surface area contributed by atoms with Gasteiger partial charge in [-0.15, -0.1) is 23.2 Å². The summed E-state index contributed by atoms with van der Waals surface area (Å²) in [6.45, 7) is 8.78. The number of likely N-dealkylation sites (N-methyl/N-ethyl adjacent to an activating group) is 2. The first kappa shape index (κ1) is 16.8. The van der Waals surface area contributed by atoms with Crippen LogP contribution in [0.5, 0.6) is 0 Å². The van der Waals surface area contributed by atoms with Gasteiger partial charge in [0, 0.05) is 39.3 Å². The van der Waals surface area contributed by atoms with Crippen LogP contribution < -0.4 is 0 Å². The maximum absolute atomic E-state index is 6.63. The second-order valence-corrected chi connectivity index (χ2v) is 7.01. The van der Waals surface area contributed by atoms with Gasteiger partial charge in [-0.1, -0.05) is 0 Å². The minimum absolute atomic E-state index is 0.105. The first-order valence-corrected chi connectivity index (χ1v) is 8.58. The molecule has 0 aromatic rings. The minimum Gasteiger partial charge on any atom is -0.305 e. The topological polar surface area (TPSA) is 13.0 Å². The molecule has 2 rings (SSSR count). The molecule has 0 amide bonds. The van der Waals surface area contributed by atoms with Gasteiger partial charge >= 0.3 is 0 Å². The Morgan fingerprint density at radius 3 is 2.20 bits per heavy atom. The summed E-state index contributed by atoms with van der Waals surface area (Å²) < 4.78 is 0. The van der Waals surface area contributed by atoms with E-state index in [-0.39, 0.29) is 11.0 Å². The largest absolute Gasteiger partial charge is 0.305 e. The zero-order valence-corrected chi connectivity index (χ0v) is 14.3. The van der Waals surface area contributed by atoms with E-state index in [0.717, 1.165) is 65.2 Å². The summed E-state index contributed by atoms with van der Waals surface area (Å²) in [4.78, 5) is 9.54. The van der Waals surface area contributed by atoms with Crippen molar-refractivity contribution >= 4 is 23.2 Å². The zero-order valence-electron chi connectivity index (χ0n) is 12.8. The Hall–Kier alpha value is 0.420. The van der Waals surface area contributed by atoms with Crippen LogP contribution in [0.2, 0.25) is 0 Å². The summed E-state index contributed by atoms with van der Waals surface area (Å²) in [7, 11) is 4.29. The highest BCUT2D eigenvalue weighted by atomic mass is 35.5. The molecule has 2 heterocycles. The van der Waals surface area contributed by atoms with E-state index in [9.17, 15) is 0 Å². The Balaban J connectivity index is 2.08. The number of hydrogen-bond donors (Lipinski definition) is 0. The molecule has 2 aliphatic rings. The van der Waals surface area contributed by atoms with Crippen molar-refractivity contribution in [1.29, 1.82) is 0 Å². The first-order valence-electron chi connectivity index (χ1n) is 7.71. The van der Waals surface area contributed by atoms with Crippen LogP contribution in [0.4, 0.5) is 0 Å². The van der Waals surface area contributed by atoms with Crippen LogP contribution in [-0.2, 0) is 0 Å². The first-order chi connectivity index (χ1) is 9.58. The maximum atomic E-state index is 6.63. The highest BCUT2D eigenvalue weighted by Crippen LogP contribution is 2.20. The van der Waals surface area contributed by atoms with Crippen molar-refractivity contribution in [3.8, 4) is 0 Å². The Morgan fingerprint density at radius 2 is 1.40 bits per heavy atom. The molecule has 0 aromatic carbocycles. The van der Waals surface area contributed by atoms with Gasteiger partial charge in [0.2, 0.25) is 0 Å². The highest BCUT2D eigenvalue weighted by molar-refractivity contribution is 6.29. The number of hydrogen-bond acceptors (Lipinski definition) is 4. The predicted molar refractivity (Wildman–Crippen MR) is 86.7 cm³/mol. The van der Waals surface area contributed by atoms with Gasteiger partial charge in [-0.05, 0) is 40.0 Å². The fourth-order valence-corrected chi connectivity index (χ4v) is 3.63. The molecule has 2 saturated heterocycles. The maximum Gasteiger partial charge on any atom is 0.115 e. The van der Waals surface area contributed by atoms with Crippen molar-refractivity contribution in [2.24, 2.45) is 0 Å². The quantitative estimate of drug-likeness (QED) is 0.493. The van der Waals surface area contributed by atoms with Crippen LogP contribution >= 0.6 is 23.2 Å². The van der Waals surface area contributed by atoms with E-state index in [4.69, 9.17) is 23.2 Å². The van der Waals surface area contributed by atoms with Crippen molar-refractivity contribution < 1.29 is 0 Å². The van der Waals surface area contributed by atoms with Crippen molar-refractivity contribution in [3.63, 3.8) is 0 Å². The second-order valence-electron chi connectivity index (χ2n) is 6.11. The lowest BCUT2D eigenvalue weighted by atomic mass is 10.2. The van der Waals surface area contributed by atoms with E-state index in [2.05, 4.69) is 33.7 Å². The van der Waals surface area contributed by atoms with Gasteiger partial charge in [-0.3, -0.25) is 9.80 Å². The van der Waals surface area contributed by atoms with Crippen LogP contribution in [0.25, 0.3) is 0 Å². The predicted octanol–water partition coefficient (Wildman–Crippen LogP) is 1.39. The van der Waals surface area contributed by atoms with Gasteiger partial charge in [0.15, 0.2) is 0 Å². The third-order valence-electron chi connectivity index (χ3n) is 4.47. The van der Waals surface area contributed by atoms with Crippen molar-refractivity contribution in [3.05, 3.63) is 0 Å². The molecule has 20 heavy (non-hydrogen) atoms. The van der Waals surface area contributed by atoms with Crippen LogP contribution in [0.1, 0.15) is 12.8 Å². The van der Waals surface area contributed by atoms with E-state index < -0.39 is 0 Å². The Labute approximate surface area is 133 Å². The SMILES string of the molecule is CN1CCCN2CCN(CCCN(C)C(Cl)C2Cl)CC1. The van der Waals surface area contributed by atoms with Crippen LogP contribution in [-0.4, -0.2) is 97.1 Å². The summed E-state index contributed by atoms with van der Waals surface area (Å²) in [5.74, 6) is 0. The van der Waals surface area contributed by atoms with Gasteiger partial charge in [0.1, 0.15) is 11.0 Å². The number of fused-ring (bicyclic) bond motifs is 3. The number of alkyl halides is 2. The van der Waals surface area contributed by atoms with Gasteiger partial charge in [-0.25, -0.2) is 0 Å². The molecule has 0 N–H and O–H groups in total. The van der Waals surface area contributed by atoms with Crippen molar-refractivity contribution in [2.45, 2.75) is 23.8 Å². The smallest absolute Gasteiger partial charge is 0.115 e. The van der Waals surface area contributed by atoms with E-state index in [1.807, 2.05) is 0 Å². The molecule has 6 heteroatoms. The lowest BCUT2D eigenvalue weighted by Gasteiger charge is -2.39. The summed E-state index contributed by atoms with van der Waals surface area (Å²) in [6, 6.07) is 0. The second kappa shape index (κ2) is 8.16. The molecule has 2 aliphatic heterocycles. The van der Waals surface area contributed by atoms with Gasteiger partial charge in [0.05, 0.1) is 0 Å². The molecule has 0 spiro atoms. The third-order valence-corrected chi connectivity index (χ3v) is 5.68. The molecule has 4 atom stereocenters. The van der Waals surface area contributed by atoms with E-state index in [1.165, 1.54) is 0 Å². The molecule has 2 fully saturated rings. The molecule has 118 valence electrons.